The number of hydrogen-bond acceptors (Lipinski definition) is 6. The first-order chi connectivity index (χ1) is 16.2. The topological polar surface area (TPSA) is 103 Å². The Kier molecular flexibility index (Phi) is 5.37. The van der Waals surface area contributed by atoms with E-state index >= 15 is 0 Å². The van der Waals surface area contributed by atoms with E-state index < -0.39 is 5.60 Å². The maximum Gasteiger partial charge on any atom is 0.251 e. The second-order valence-corrected chi connectivity index (χ2v) is 9.46. The van der Waals surface area contributed by atoms with Gasteiger partial charge in [0.2, 0.25) is 5.88 Å². The smallest absolute Gasteiger partial charge is 0.251 e. The van der Waals surface area contributed by atoms with Crippen LogP contribution in [0.25, 0.3) is 10.9 Å². The number of anilines is 1. The molecule has 172 valence electrons. The number of carbonyl (C=O) groups excluding carboxylic acids is 1. The Hall–Kier alpha value is -3.71. The highest BCUT2D eigenvalue weighted by Gasteiger charge is 2.29. The SMILES string of the molecule is Cc1cc(N)nc2c1CNC(=O)c1ccnc(c1)Cc1cc(c3ncc(Cl)cc3c1)C(C)(C)O2. The van der Waals surface area contributed by atoms with Gasteiger partial charge in [-0.25, -0.2) is 0 Å². The Morgan fingerprint density at radius 1 is 1.15 bits per heavy atom. The molecule has 4 aromatic rings. The quantitative estimate of drug-likeness (QED) is 0.383. The molecule has 0 saturated heterocycles. The lowest BCUT2D eigenvalue weighted by Crippen LogP contribution is -2.29. The van der Waals surface area contributed by atoms with E-state index in [2.05, 4.69) is 26.3 Å². The molecular weight excluding hydrogens is 450 g/mol. The van der Waals surface area contributed by atoms with E-state index in [4.69, 9.17) is 22.1 Å². The summed E-state index contributed by atoms with van der Waals surface area (Å²) in [5.41, 5.74) is 10.9. The summed E-state index contributed by atoms with van der Waals surface area (Å²) in [6.07, 6.45) is 3.83. The number of nitrogens with zero attached hydrogens (tertiary/aromatic N) is 3. The first-order valence-corrected chi connectivity index (χ1v) is 11.3. The van der Waals surface area contributed by atoms with Crippen LogP contribution in [-0.4, -0.2) is 20.9 Å². The molecule has 34 heavy (non-hydrogen) atoms. The Bertz CT molecular complexity index is 1450. The van der Waals surface area contributed by atoms with Crippen molar-refractivity contribution in [2.75, 3.05) is 5.73 Å². The summed E-state index contributed by atoms with van der Waals surface area (Å²) in [6.45, 7) is 6.10. The molecule has 3 aromatic heterocycles. The largest absolute Gasteiger partial charge is 0.466 e. The molecule has 4 heterocycles. The summed E-state index contributed by atoms with van der Waals surface area (Å²) in [4.78, 5) is 26.5. The van der Waals surface area contributed by atoms with Crippen LogP contribution in [0.5, 0.6) is 5.88 Å². The number of nitrogens with two attached hydrogens (primary N) is 1. The molecule has 1 aliphatic heterocycles. The second kappa shape index (κ2) is 8.25. The van der Waals surface area contributed by atoms with Crippen molar-refractivity contribution in [3.63, 3.8) is 0 Å². The van der Waals surface area contributed by atoms with Crippen molar-refractivity contribution in [2.45, 2.75) is 39.3 Å². The number of nitrogen functional groups attached to an aromatic ring is 1. The molecule has 1 aromatic carbocycles. The molecule has 7 nitrogen and oxygen atoms in total. The van der Waals surface area contributed by atoms with Crippen LogP contribution >= 0.6 is 11.6 Å². The van der Waals surface area contributed by atoms with Gasteiger partial charge in [-0.2, -0.15) is 4.98 Å². The van der Waals surface area contributed by atoms with Crippen LogP contribution in [0.2, 0.25) is 5.02 Å². The van der Waals surface area contributed by atoms with Crippen LogP contribution < -0.4 is 15.8 Å². The molecule has 0 fully saturated rings. The number of aromatic nitrogens is 3. The van der Waals surface area contributed by atoms with E-state index in [9.17, 15) is 4.79 Å². The zero-order valence-electron chi connectivity index (χ0n) is 19.1. The normalized spacial score (nSPS) is 15.1. The monoisotopic (exact) mass is 473 g/mol. The van der Waals surface area contributed by atoms with Crippen molar-refractivity contribution in [1.82, 2.24) is 20.3 Å². The minimum atomic E-state index is -0.819. The van der Waals surface area contributed by atoms with Crippen LogP contribution in [0.3, 0.4) is 0 Å². The molecule has 0 aliphatic carbocycles. The predicted molar refractivity (Wildman–Crippen MR) is 132 cm³/mol. The second-order valence-electron chi connectivity index (χ2n) is 9.02. The molecule has 0 spiro atoms. The number of halogens is 1. The van der Waals surface area contributed by atoms with Crippen molar-refractivity contribution in [1.29, 1.82) is 0 Å². The summed E-state index contributed by atoms with van der Waals surface area (Å²) in [6, 6.07) is 11.3. The summed E-state index contributed by atoms with van der Waals surface area (Å²) in [5, 5.41) is 4.43. The van der Waals surface area contributed by atoms with Crippen LogP contribution in [-0.2, 0) is 18.6 Å². The zero-order valence-corrected chi connectivity index (χ0v) is 19.9. The number of benzene rings is 1. The third kappa shape index (κ3) is 4.15. The third-order valence-electron chi connectivity index (χ3n) is 6.03. The Balaban J connectivity index is 1.77. The lowest BCUT2D eigenvalue weighted by molar-refractivity contribution is 0.0942. The van der Waals surface area contributed by atoms with Gasteiger partial charge in [-0.3, -0.25) is 14.8 Å². The molecule has 0 radical (unpaired) electrons. The van der Waals surface area contributed by atoms with Crippen molar-refractivity contribution < 1.29 is 9.53 Å². The van der Waals surface area contributed by atoms with Gasteiger partial charge in [0.25, 0.3) is 5.91 Å². The summed E-state index contributed by atoms with van der Waals surface area (Å²) >= 11 is 6.27. The van der Waals surface area contributed by atoms with E-state index in [0.29, 0.717) is 28.7 Å². The van der Waals surface area contributed by atoms with Gasteiger partial charge in [-0.05, 0) is 68.3 Å². The van der Waals surface area contributed by atoms with Crippen molar-refractivity contribution in [2.24, 2.45) is 0 Å². The lowest BCUT2D eigenvalue weighted by atomic mass is 9.91. The molecule has 1 amide bonds. The van der Waals surface area contributed by atoms with Gasteiger partial charge in [0.05, 0.1) is 10.5 Å². The Morgan fingerprint density at radius 3 is 2.79 bits per heavy atom. The molecular formula is C26H24ClN5O2. The van der Waals surface area contributed by atoms with E-state index in [1.54, 1.807) is 24.5 Å². The van der Waals surface area contributed by atoms with Gasteiger partial charge < -0.3 is 15.8 Å². The van der Waals surface area contributed by atoms with Crippen LogP contribution in [0.4, 0.5) is 5.82 Å². The molecule has 0 unspecified atom stereocenters. The number of amides is 1. The van der Waals surface area contributed by atoms with Gasteiger partial charge >= 0.3 is 0 Å². The zero-order chi connectivity index (χ0) is 24.0. The van der Waals surface area contributed by atoms with Gasteiger partial charge in [-0.15, -0.1) is 0 Å². The van der Waals surface area contributed by atoms with E-state index in [0.717, 1.165) is 38.9 Å². The Labute approximate surface area is 202 Å². The van der Waals surface area contributed by atoms with Gasteiger partial charge in [0, 0.05) is 53.1 Å². The van der Waals surface area contributed by atoms with Gasteiger partial charge in [0.1, 0.15) is 11.4 Å². The molecule has 5 rings (SSSR count). The first kappa shape index (κ1) is 22.1. The molecule has 4 bridgehead atoms. The highest BCUT2D eigenvalue weighted by Crippen LogP contribution is 2.36. The number of ether oxygens (including phenoxy) is 1. The summed E-state index contributed by atoms with van der Waals surface area (Å²) in [7, 11) is 0. The lowest BCUT2D eigenvalue weighted by Gasteiger charge is -2.29. The summed E-state index contributed by atoms with van der Waals surface area (Å²) in [5.74, 6) is 0.530. The minimum absolute atomic E-state index is 0.197. The number of carbonyl (C=O) groups is 1. The van der Waals surface area contributed by atoms with Crippen molar-refractivity contribution >= 4 is 34.2 Å². The number of nitrogens with one attached hydrogen (secondary N) is 1. The molecule has 0 atom stereocenters. The van der Waals surface area contributed by atoms with Gasteiger partial charge in [0.15, 0.2) is 0 Å². The van der Waals surface area contributed by atoms with Crippen LogP contribution in [0, 0.1) is 6.92 Å². The molecule has 0 saturated carbocycles. The number of fused-ring (bicyclic) bond motifs is 7. The predicted octanol–water partition coefficient (Wildman–Crippen LogP) is 4.72. The summed E-state index contributed by atoms with van der Waals surface area (Å²) < 4.78 is 6.52. The highest BCUT2D eigenvalue weighted by atomic mass is 35.5. The first-order valence-electron chi connectivity index (χ1n) is 11.0. The molecule has 8 heteroatoms. The average Bonchev–Trinajstić information content (AvgIpc) is 2.77. The standard InChI is InChI=1S/C26H24ClN5O2/c1-14-6-22(28)32-25-20(14)13-31-24(33)16-4-5-29-19(11-16)8-15-7-17-10-18(27)12-30-23(17)21(9-15)26(2,3)34-25/h4-7,9-12H,8,13H2,1-3H3,(H2,28,32)(H,31,33). The van der Waals surface area contributed by atoms with Crippen LogP contribution in [0.1, 0.15) is 52.2 Å². The van der Waals surface area contributed by atoms with Gasteiger partial charge in [-0.1, -0.05) is 11.6 Å². The van der Waals surface area contributed by atoms with E-state index in [-0.39, 0.29) is 12.5 Å². The highest BCUT2D eigenvalue weighted by molar-refractivity contribution is 6.31. The van der Waals surface area contributed by atoms with E-state index in [1.165, 1.54) is 0 Å². The Morgan fingerprint density at radius 2 is 1.97 bits per heavy atom. The van der Waals surface area contributed by atoms with Crippen molar-refractivity contribution in [3.05, 3.63) is 87.3 Å². The number of rotatable bonds is 0. The fourth-order valence-electron chi connectivity index (χ4n) is 4.33. The maximum atomic E-state index is 12.9. The van der Waals surface area contributed by atoms with E-state index in [1.807, 2.05) is 39.0 Å². The van der Waals surface area contributed by atoms with Crippen molar-refractivity contribution in [3.8, 4) is 5.88 Å². The maximum absolute atomic E-state index is 12.9. The minimum Gasteiger partial charge on any atom is -0.466 e. The molecule has 3 N–H and O–H groups in total. The third-order valence-corrected chi connectivity index (χ3v) is 6.24. The fraction of sp³-hybridized carbons (Fsp3) is 0.231. The number of hydrogen-bond donors (Lipinski definition) is 2. The number of aryl methyl sites for hydroxylation is 1. The average molecular weight is 474 g/mol. The number of pyridine rings is 3. The van der Waals surface area contributed by atoms with Crippen LogP contribution in [0.15, 0.2) is 48.8 Å². The fourth-order valence-corrected chi connectivity index (χ4v) is 4.50. The molecule has 1 aliphatic rings.